The third kappa shape index (κ3) is 2.12. The lowest BCUT2D eigenvalue weighted by Crippen LogP contribution is -2.50. The number of rotatable bonds is 1. The number of fused-ring (bicyclic) bond motifs is 3. The van der Waals surface area contributed by atoms with Crippen molar-refractivity contribution in [3.63, 3.8) is 0 Å². The Kier molecular flexibility index (Phi) is 3.04. The van der Waals surface area contributed by atoms with E-state index < -0.39 is 0 Å². The number of ether oxygens (including phenoxy) is 1. The highest BCUT2D eigenvalue weighted by Gasteiger charge is 2.38. The molecule has 22 heavy (non-hydrogen) atoms. The molecule has 1 amide bonds. The molecular weight excluding hydrogens is 286 g/mol. The smallest absolute Gasteiger partial charge is 0.272 e. The summed E-state index contributed by atoms with van der Waals surface area (Å²) in [6.45, 7) is 1.65. The van der Waals surface area contributed by atoms with Gasteiger partial charge >= 0.3 is 0 Å². The molecule has 1 fully saturated rings. The van der Waals surface area contributed by atoms with Gasteiger partial charge in [0.05, 0.1) is 36.8 Å². The van der Waals surface area contributed by atoms with Crippen LogP contribution in [0, 0.1) is 0 Å². The van der Waals surface area contributed by atoms with E-state index in [1.54, 1.807) is 11.1 Å². The highest BCUT2D eigenvalue weighted by molar-refractivity contribution is 5.92. The molecule has 0 radical (unpaired) electrons. The molecule has 2 aliphatic heterocycles. The van der Waals surface area contributed by atoms with Crippen LogP contribution in [0.2, 0.25) is 0 Å². The SMILES string of the molecule is O=C(c1ccc(O)cn1)N1CC[C@@H]2OCc3cnnn3[C@H]2C1. The molecule has 8 nitrogen and oxygen atoms in total. The number of nitrogens with zero attached hydrogens (tertiary/aromatic N) is 5. The van der Waals surface area contributed by atoms with E-state index in [1.807, 2.05) is 4.68 Å². The van der Waals surface area contributed by atoms with Crippen molar-refractivity contribution in [1.82, 2.24) is 24.9 Å². The Morgan fingerprint density at radius 2 is 2.27 bits per heavy atom. The zero-order chi connectivity index (χ0) is 15.1. The first-order chi connectivity index (χ1) is 10.7. The third-order valence-corrected chi connectivity index (χ3v) is 4.18. The highest BCUT2D eigenvalue weighted by atomic mass is 16.5. The van der Waals surface area contributed by atoms with Crippen LogP contribution in [-0.2, 0) is 11.3 Å². The molecule has 4 heterocycles. The zero-order valence-electron chi connectivity index (χ0n) is 11.8. The highest BCUT2D eigenvalue weighted by Crippen LogP contribution is 2.30. The van der Waals surface area contributed by atoms with Gasteiger partial charge < -0.3 is 14.7 Å². The number of hydrogen-bond donors (Lipinski definition) is 1. The molecular formula is C14H15N5O3. The molecule has 1 N–H and O–H groups in total. The van der Waals surface area contributed by atoms with Gasteiger partial charge in [0.25, 0.3) is 5.91 Å². The molecule has 0 spiro atoms. The van der Waals surface area contributed by atoms with E-state index in [4.69, 9.17) is 4.74 Å². The maximum atomic E-state index is 12.5. The Bertz CT molecular complexity index is 699. The second-order valence-electron chi connectivity index (χ2n) is 5.53. The quantitative estimate of drug-likeness (QED) is 0.817. The van der Waals surface area contributed by atoms with Gasteiger partial charge in [-0.2, -0.15) is 0 Å². The van der Waals surface area contributed by atoms with Crippen molar-refractivity contribution < 1.29 is 14.6 Å². The fraction of sp³-hybridized carbons (Fsp3) is 0.429. The minimum Gasteiger partial charge on any atom is -0.506 e. The maximum Gasteiger partial charge on any atom is 0.272 e. The van der Waals surface area contributed by atoms with Gasteiger partial charge in [0.15, 0.2) is 0 Å². The number of carbonyl (C=O) groups is 1. The summed E-state index contributed by atoms with van der Waals surface area (Å²) in [5.74, 6) is -0.103. The Morgan fingerprint density at radius 1 is 1.36 bits per heavy atom. The molecule has 2 aromatic heterocycles. The lowest BCUT2D eigenvalue weighted by molar-refractivity contribution is -0.0605. The Morgan fingerprint density at radius 3 is 3.09 bits per heavy atom. The minimum absolute atomic E-state index is 0.0129. The number of pyridine rings is 1. The van der Waals surface area contributed by atoms with Crippen molar-refractivity contribution in [1.29, 1.82) is 0 Å². The first kappa shape index (κ1) is 13.2. The van der Waals surface area contributed by atoms with Crippen molar-refractivity contribution >= 4 is 5.91 Å². The van der Waals surface area contributed by atoms with E-state index in [9.17, 15) is 9.90 Å². The van der Waals surface area contributed by atoms with Crippen LogP contribution < -0.4 is 0 Å². The molecule has 0 aliphatic carbocycles. The number of aromatic hydroxyl groups is 1. The van der Waals surface area contributed by atoms with Crippen LogP contribution in [0.3, 0.4) is 0 Å². The van der Waals surface area contributed by atoms with E-state index in [2.05, 4.69) is 15.3 Å². The van der Waals surface area contributed by atoms with Crippen molar-refractivity contribution in [2.75, 3.05) is 13.1 Å². The van der Waals surface area contributed by atoms with Crippen molar-refractivity contribution in [3.05, 3.63) is 35.9 Å². The summed E-state index contributed by atoms with van der Waals surface area (Å²) >= 11 is 0. The summed E-state index contributed by atoms with van der Waals surface area (Å²) in [4.78, 5) is 18.3. The van der Waals surface area contributed by atoms with Crippen LogP contribution in [0.4, 0.5) is 0 Å². The van der Waals surface area contributed by atoms with Crippen LogP contribution in [0.5, 0.6) is 5.75 Å². The van der Waals surface area contributed by atoms with Crippen LogP contribution in [0.25, 0.3) is 0 Å². The average Bonchev–Trinajstić information content (AvgIpc) is 3.03. The number of likely N-dealkylation sites (tertiary alicyclic amines) is 1. The number of carbonyl (C=O) groups excluding carboxylic acids is 1. The molecule has 0 bridgehead atoms. The average molecular weight is 301 g/mol. The van der Waals surface area contributed by atoms with Crippen LogP contribution >= 0.6 is 0 Å². The topological polar surface area (TPSA) is 93.4 Å². The fourth-order valence-corrected chi connectivity index (χ4v) is 3.04. The molecule has 2 aromatic rings. The summed E-state index contributed by atoms with van der Waals surface area (Å²) in [5.41, 5.74) is 1.25. The van der Waals surface area contributed by atoms with E-state index in [1.165, 1.54) is 18.3 Å². The van der Waals surface area contributed by atoms with Gasteiger partial charge in [0, 0.05) is 13.1 Å². The summed E-state index contributed by atoms with van der Waals surface area (Å²) < 4.78 is 7.69. The van der Waals surface area contributed by atoms with Gasteiger partial charge in [-0.15, -0.1) is 5.10 Å². The molecule has 114 valence electrons. The van der Waals surface area contributed by atoms with E-state index in [0.717, 1.165) is 12.1 Å². The van der Waals surface area contributed by atoms with Gasteiger partial charge in [-0.1, -0.05) is 5.21 Å². The number of piperidine rings is 1. The minimum atomic E-state index is -0.148. The van der Waals surface area contributed by atoms with E-state index >= 15 is 0 Å². The number of amides is 1. The van der Waals surface area contributed by atoms with Crippen molar-refractivity contribution in [2.24, 2.45) is 0 Å². The molecule has 2 aliphatic rings. The summed E-state index contributed by atoms with van der Waals surface area (Å²) in [5, 5.41) is 17.3. The monoisotopic (exact) mass is 301 g/mol. The van der Waals surface area contributed by atoms with Gasteiger partial charge in [-0.05, 0) is 18.6 Å². The molecule has 0 aromatic carbocycles. The predicted molar refractivity (Wildman–Crippen MR) is 74.1 cm³/mol. The Hall–Kier alpha value is -2.48. The molecule has 0 unspecified atom stereocenters. The zero-order valence-corrected chi connectivity index (χ0v) is 11.8. The molecule has 4 rings (SSSR count). The largest absolute Gasteiger partial charge is 0.506 e. The lowest BCUT2D eigenvalue weighted by Gasteiger charge is -2.40. The number of aromatic nitrogens is 4. The summed E-state index contributed by atoms with van der Waals surface area (Å²) in [6.07, 6.45) is 3.79. The third-order valence-electron chi connectivity index (χ3n) is 4.18. The number of hydrogen-bond acceptors (Lipinski definition) is 6. The fourth-order valence-electron chi connectivity index (χ4n) is 3.04. The van der Waals surface area contributed by atoms with Gasteiger partial charge in [0.2, 0.25) is 0 Å². The normalized spacial score (nSPS) is 23.7. The van der Waals surface area contributed by atoms with Crippen molar-refractivity contribution in [3.8, 4) is 5.75 Å². The summed E-state index contributed by atoms with van der Waals surface area (Å²) in [6, 6.07) is 2.98. The molecule has 0 saturated carbocycles. The summed E-state index contributed by atoms with van der Waals surface area (Å²) in [7, 11) is 0. The van der Waals surface area contributed by atoms with Gasteiger partial charge in [0.1, 0.15) is 11.4 Å². The molecule has 1 saturated heterocycles. The van der Waals surface area contributed by atoms with Gasteiger partial charge in [-0.3, -0.25) is 4.79 Å². The Balaban J connectivity index is 1.56. The second kappa shape index (κ2) is 5.06. The van der Waals surface area contributed by atoms with E-state index in [0.29, 0.717) is 25.4 Å². The van der Waals surface area contributed by atoms with Crippen LogP contribution in [0.1, 0.15) is 28.6 Å². The molecule has 8 heteroatoms. The van der Waals surface area contributed by atoms with Crippen molar-refractivity contribution in [2.45, 2.75) is 25.2 Å². The standard InChI is InChI=1S/C14H15N5O3/c20-10-1-2-11(15-6-10)14(21)18-4-3-13-12(7-18)19-9(8-22-13)5-16-17-19/h1-2,5-6,12-13,20H,3-4,7-8H2/t12-,13-/m0/s1. The first-order valence-electron chi connectivity index (χ1n) is 7.17. The van der Waals surface area contributed by atoms with Crippen LogP contribution in [0.15, 0.2) is 24.5 Å². The molecule has 2 atom stereocenters. The first-order valence-corrected chi connectivity index (χ1v) is 7.17. The van der Waals surface area contributed by atoms with Crippen LogP contribution in [-0.4, -0.2) is 55.1 Å². The maximum absolute atomic E-state index is 12.5. The lowest BCUT2D eigenvalue weighted by atomic mass is 10.00. The van der Waals surface area contributed by atoms with E-state index in [-0.39, 0.29) is 23.8 Å². The Labute approximate surface area is 126 Å². The second-order valence-corrected chi connectivity index (χ2v) is 5.53. The predicted octanol–water partition coefficient (Wildman–Crippen LogP) is 0.365. The van der Waals surface area contributed by atoms with Gasteiger partial charge in [-0.25, -0.2) is 9.67 Å².